The molecule has 0 saturated carbocycles. The van der Waals surface area contributed by atoms with E-state index in [0.29, 0.717) is 22.6 Å². The van der Waals surface area contributed by atoms with Crippen molar-refractivity contribution in [2.75, 3.05) is 5.01 Å². The van der Waals surface area contributed by atoms with Gasteiger partial charge in [-0.1, -0.05) is 18.2 Å². The number of carboxylic acid groups (broad SMARTS) is 1. The first-order valence-electron chi connectivity index (χ1n) is 13.8. The number of aromatic carboxylic acids is 1. The maximum Gasteiger partial charge on any atom is 0.339 e. The third kappa shape index (κ3) is 6.57. The summed E-state index contributed by atoms with van der Waals surface area (Å²) in [6.45, 7) is 7.17. The number of amides is 1. The van der Waals surface area contributed by atoms with Gasteiger partial charge in [0.1, 0.15) is 11.3 Å². The Morgan fingerprint density at radius 2 is 1.35 bits per heavy atom. The molecule has 0 fully saturated rings. The molecular weight excluding hydrogens is 612 g/mol. The highest BCUT2D eigenvalue weighted by atomic mass is 32.2. The Bertz CT molecular complexity index is 2110. The Morgan fingerprint density at radius 3 is 1.91 bits per heavy atom. The molecule has 4 aromatic rings. The van der Waals surface area contributed by atoms with Gasteiger partial charge in [0, 0.05) is 0 Å². The van der Waals surface area contributed by atoms with Gasteiger partial charge < -0.3 is 10.2 Å². The predicted molar refractivity (Wildman–Crippen MR) is 170 cm³/mol. The van der Waals surface area contributed by atoms with Gasteiger partial charge in [-0.15, -0.1) is 0 Å². The highest BCUT2D eigenvalue weighted by molar-refractivity contribution is 7.85. The number of carbonyl (C=O) groups excluding carboxylic acids is 1. The normalized spacial score (nSPS) is 15.2. The highest BCUT2D eigenvalue weighted by Crippen LogP contribution is 2.34. The Hall–Kier alpha value is -5.60. The second-order valence-electron chi connectivity index (χ2n) is 10.6. The first kappa shape index (κ1) is 31.8. The molecular formula is C32H28N6O7S. The summed E-state index contributed by atoms with van der Waals surface area (Å²) in [7, 11) is -4.47. The topological polar surface area (TPSA) is 194 Å². The zero-order valence-corrected chi connectivity index (χ0v) is 25.9. The monoisotopic (exact) mass is 640 g/mol. The van der Waals surface area contributed by atoms with Gasteiger partial charge in [0.2, 0.25) is 0 Å². The van der Waals surface area contributed by atoms with E-state index in [1.54, 1.807) is 26.0 Å². The molecule has 13 nitrogen and oxygen atoms in total. The van der Waals surface area contributed by atoms with Crippen LogP contribution in [0.5, 0.6) is 5.75 Å². The number of benzene rings is 4. The van der Waals surface area contributed by atoms with E-state index in [1.165, 1.54) is 36.4 Å². The van der Waals surface area contributed by atoms with Crippen molar-refractivity contribution in [3.8, 4) is 16.9 Å². The second-order valence-corrected chi connectivity index (χ2v) is 12.1. The number of hydrogen-bond acceptors (Lipinski definition) is 10. The summed E-state index contributed by atoms with van der Waals surface area (Å²) < 4.78 is 32.7. The molecule has 46 heavy (non-hydrogen) atoms. The molecule has 234 valence electrons. The lowest BCUT2D eigenvalue weighted by molar-refractivity contribution is -0.117. The minimum atomic E-state index is -4.47. The van der Waals surface area contributed by atoms with Gasteiger partial charge in [0.15, 0.2) is 6.04 Å². The molecule has 5 rings (SSSR count). The van der Waals surface area contributed by atoms with E-state index in [4.69, 9.17) is 0 Å². The number of hydrogen-bond donors (Lipinski definition) is 3. The number of carbonyl (C=O) groups is 2. The van der Waals surface area contributed by atoms with Crippen molar-refractivity contribution in [1.82, 2.24) is 0 Å². The van der Waals surface area contributed by atoms with Crippen LogP contribution in [0.25, 0.3) is 11.1 Å². The van der Waals surface area contributed by atoms with E-state index < -0.39 is 28.0 Å². The largest absolute Gasteiger partial charge is 0.507 e. The number of carboxylic acids is 1. The molecule has 3 N–H and O–H groups in total. The number of aryl methyl sites for hydroxylation is 3. The van der Waals surface area contributed by atoms with Crippen molar-refractivity contribution >= 4 is 50.5 Å². The van der Waals surface area contributed by atoms with Crippen molar-refractivity contribution in [2.24, 2.45) is 25.6 Å². The number of azo groups is 2. The number of rotatable bonds is 8. The molecule has 1 aliphatic rings. The number of hydrazone groups is 1. The van der Waals surface area contributed by atoms with Crippen molar-refractivity contribution in [3.05, 3.63) is 95.1 Å². The quantitative estimate of drug-likeness (QED) is 0.133. The van der Waals surface area contributed by atoms with Crippen LogP contribution in [0.15, 0.2) is 103 Å². The summed E-state index contributed by atoms with van der Waals surface area (Å²) >= 11 is 0. The van der Waals surface area contributed by atoms with Crippen molar-refractivity contribution in [2.45, 2.75) is 38.6 Å². The van der Waals surface area contributed by atoms with E-state index in [1.807, 2.05) is 38.1 Å². The van der Waals surface area contributed by atoms with E-state index >= 15 is 0 Å². The third-order valence-electron chi connectivity index (χ3n) is 7.29. The molecule has 4 aromatic carbocycles. The number of phenols is 1. The predicted octanol–water partition coefficient (Wildman–Crippen LogP) is 7.22. The zero-order chi connectivity index (χ0) is 33.3. The third-order valence-corrected chi connectivity index (χ3v) is 8.14. The fraction of sp³-hybridized carbons (Fsp3) is 0.156. The van der Waals surface area contributed by atoms with E-state index in [0.717, 1.165) is 27.3 Å². The van der Waals surface area contributed by atoms with Crippen LogP contribution < -0.4 is 5.01 Å². The van der Waals surface area contributed by atoms with Gasteiger partial charge in [0.25, 0.3) is 16.0 Å². The standard InChI is InChI=1S/C32H28N6O7S/c1-17-5-9-24(46(43,44)45)16-28(17)38-31(40)30(20(4)37-38)36-35-22-7-11-26(19(3)14-22)25-10-6-21(13-18(25)2)33-34-23-8-12-29(39)27(15-23)32(41)42/h5-16,30,39H,1-4H3,(H,41,42)(H,43,44,45). The molecule has 1 aliphatic heterocycles. The minimum Gasteiger partial charge on any atom is -0.507 e. The van der Waals surface area contributed by atoms with Crippen LogP contribution in [-0.2, 0) is 14.9 Å². The van der Waals surface area contributed by atoms with Gasteiger partial charge in [-0.3, -0.25) is 9.35 Å². The van der Waals surface area contributed by atoms with Crippen LogP contribution in [0.3, 0.4) is 0 Å². The zero-order valence-electron chi connectivity index (χ0n) is 25.1. The maximum atomic E-state index is 13.2. The Morgan fingerprint density at radius 1 is 0.783 bits per heavy atom. The van der Waals surface area contributed by atoms with Crippen LogP contribution in [0.1, 0.15) is 34.0 Å². The molecule has 0 radical (unpaired) electrons. The van der Waals surface area contributed by atoms with Crippen LogP contribution in [0.2, 0.25) is 0 Å². The molecule has 1 atom stereocenters. The van der Waals surface area contributed by atoms with Crippen LogP contribution in [0.4, 0.5) is 22.7 Å². The lowest BCUT2D eigenvalue weighted by Gasteiger charge is -2.16. The molecule has 0 saturated heterocycles. The highest BCUT2D eigenvalue weighted by Gasteiger charge is 2.36. The SMILES string of the molecule is CC1=NN(c2cc(S(=O)(=O)O)ccc2C)C(=O)C1N=Nc1ccc(-c2ccc(N=Nc3ccc(O)c(C(=O)O)c3)cc2C)c(C)c1. The Kier molecular flexibility index (Phi) is 8.59. The van der Waals surface area contributed by atoms with Gasteiger partial charge >= 0.3 is 5.97 Å². The van der Waals surface area contributed by atoms with Gasteiger partial charge in [-0.25, -0.2) is 4.79 Å². The first-order chi connectivity index (χ1) is 21.7. The summed E-state index contributed by atoms with van der Waals surface area (Å²) in [5.41, 5.74) is 5.98. The molecule has 14 heteroatoms. The van der Waals surface area contributed by atoms with Crippen molar-refractivity contribution < 1.29 is 32.8 Å². The van der Waals surface area contributed by atoms with Crippen LogP contribution in [-0.4, -0.2) is 46.8 Å². The summed E-state index contributed by atoms with van der Waals surface area (Å²) in [6.07, 6.45) is 0. The Labute approximate surface area is 264 Å². The Balaban J connectivity index is 1.32. The van der Waals surface area contributed by atoms with E-state index in [2.05, 4.69) is 25.6 Å². The molecule has 0 aromatic heterocycles. The molecule has 0 aliphatic carbocycles. The number of aromatic hydroxyl groups is 1. The van der Waals surface area contributed by atoms with Gasteiger partial charge in [-0.2, -0.15) is 39.0 Å². The smallest absolute Gasteiger partial charge is 0.339 e. The molecule has 0 spiro atoms. The number of nitrogens with zero attached hydrogens (tertiary/aromatic N) is 6. The van der Waals surface area contributed by atoms with Crippen molar-refractivity contribution in [3.63, 3.8) is 0 Å². The maximum absolute atomic E-state index is 13.2. The van der Waals surface area contributed by atoms with Crippen LogP contribution >= 0.6 is 0 Å². The fourth-order valence-corrected chi connectivity index (χ4v) is 5.36. The molecule has 1 heterocycles. The minimum absolute atomic E-state index is 0.216. The second kappa shape index (κ2) is 12.4. The van der Waals surface area contributed by atoms with E-state index in [-0.39, 0.29) is 27.6 Å². The average Bonchev–Trinajstić information content (AvgIpc) is 3.27. The summed E-state index contributed by atoms with van der Waals surface area (Å²) in [4.78, 5) is 24.1. The summed E-state index contributed by atoms with van der Waals surface area (Å²) in [6, 6.07) is 17.9. The lowest BCUT2D eigenvalue weighted by Crippen LogP contribution is -2.30. The fourth-order valence-electron chi connectivity index (χ4n) is 4.86. The van der Waals surface area contributed by atoms with Gasteiger partial charge in [-0.05, 0) is 110 Å². The average molecular weight is 641 g/mol. The van der Waals surface area contributed by atoms with E-state index in [9.17, 15) is 32.8 Å². The van der Waals surface area contributed by atoms with Crippen molar-refractivity contribution in [1.29, 1.82) is 0 Å². The van der Waals surface area contributed by atoms with Crippen LogP contribution in [0, 0.1) is 20.8 Å². The van der Waals surface area contributed by atoms with Gasteiger partial charge in [0.05, 0.1) is 33.4 Å². The molecule has 1 amide bonds. The summed E-state index contributed by atoms with van der Waals surface area (Å²) in [5, 5.41) is 41.0. The summed E-state index contributed by atoms with van der Waals surface area (Å²) in [5.74, 6) is -2.13. The lowest BCUT2D eigenvalue weighted by atomic mass is 9.96. The molecule has 0 bridgehead atoms. The molecule has 1 unspecified atom stereocenters. The first-order valence-corrected chi connectivity index (χ1v) is 15.2. The number of anilines is 1.